The van der Waals surface area contributed by atoms with Crippen molar-refractivity contribution in [1.29, 1.82) is 0 Å². The van der Waals surface area contributed by atoms with Crippen molar-refractivity contribution in [3.8, 4) is 11.5 Å². The van der Waals surface area contributed by atoms with Gasteiger partial charge in [0.05, 0.1) is 19.3 Å². The van der Waals surface area contributed by atoms with Gasteiger partial charge in [-0.25, -0.2) is 0 Å². The summed E-state index contributed by atoms with van der Waals surface area (Å²) >= 11 is 0. The molecule has 0 aliphatic carbocycles. The van der Waals surface area contributed by atoms with Gasteiger partial charge in [0.15, 0.2) is 11.5 Å². The predicted molar refractivity (Wildman–Crippen MR) is 88.1 cm³/mol. The second-order valence-electron chi connectivity index (χ2n) is 6.42. The van der Waals surface area contributed by atoms with E-state index in [9.17, 15) is 4.79 Å². The molecule has 0 saturated heterocycles. The van der Waals surface area contributed by atoms with E-state index in [1.807, 2.05) is 18.2 Å². The van der Waals surface area contributed by atoms with E-state index in [1.165, 1.54) is 0 Å². The number of hydrogen-bond acceptors (Lipinski definition) is 4. The standard InChI is InChI=1S/C17H28N2O3/c1-12(2)8-9-22-14-7-6-13(10-15(14)21-5)11-19-16(20)17(3,4)18/h6-7,10,12H,8-9,11,18H2,1-5H3,(H,19,20). The van der Waals surface area contributed by atoms with Crippen LogP contribution >= 0.6 is 0 Å². The zero-order chi connectivity index (χ0) is 16.8. The molecule has 5 heteroatoms. The average molecular weight is 308 g/mol. The first-order valence-corrected chi connectivity index (χ1v) is 7.61. The first-order valence-electron chi connectivity index (χ1n) is 7.61. The van der Waals surface area contributed by atoms with Gasteiger partial charge in [0.2, 0.25) is 5.91 Å². The summed E-state index contributed by atoms with van der Waals surface area (Å²) in [7, 11) is 1.61. The van der Waals surface area contributed by atoms with Crippen molar-refractivity contribution in [2.45, 2.75) is 46.2 Å². The molecule has 0 aliphatic heterocycles. The number of hydrogen-bond donors (Lipinski definition) is 2. The van der Waals surface area contributed by atoms with E-state index in [4.69, 9.17) is 15.2 Å². The van der Waals surface area contributed by atoms with Crippen LogP contribution in [0, 0.1) is 5.92 Å². The lowest BCUT2D eigenvalue weighted by Gasteiger charge is -2.18. The average Bonchev–Trinajstić information content (AvgIpc) is 2.44. The second-order valence-corrected chi connectivity index (χ2v) is 6.42. The van der Waals surface area contributed by atoms with Gasteiger partial charge in [0, 0.05) is 6.54 Å². The molecule has 5 nitrogen and oxygen atoms in total. The predicted octanol–water partition coefficient (Wildman–Crippen LogP) is 2.47. The maximum absolute atomic E-state index is 11.8. The van der Waals surface area contributed by atoms with E-state index in [0.717, 1.165) is 17.7 Å². The van der Waals surface area contributed by atoms with E-state index in [-0.39, 0.29) is 5.91 Å². The number of amides is 1. The Morgan fingerprint density at radius 3 is 2.55 bits per heavy atom. The van der Waals surface area contributed by atoms with E-state index in [1.54, 1.807) is 21.0 Å². The van der Waals surface area contributed by atoms with E-state index in [0.29, 0.717) is 24.8 Å². The van der Waals surface area contributed by atoms with Crippen LogP contribution in [0.25, 0.3) is 0 Å². The Morgan fingerprint density at radius 1 is 1.32 bits per heavy atom. The van der Waals surface area contributed by atoms with Crippen LogP contribution in [0.3, 0.4) is 0 Å². The topological polar surface area (TPSA) is 73.6 Å². The summed E-state index contributed by atoms with van der Waals surface area (Å²) in [5.41, 5.74) is 5.80. The Hall–Kier alpha value is -1.75. The molecule has 3 N–H and O–H groups in total. The fraction of sp³-hybridized carbons (Fsp3) is 0.588. The highest BCUT2D eigenvalue weighted by atomic mass is 16.5. The van der Waals surface area contributed by atoms with Crippen LogP contribution in [-0.4, -0.2) is 25.2 Å². The molecule has 0 saturated carbocycles. The molecular formula is C17H28N2O3. The highest BCUT2D eigenvalue weighted by Gasteiger charge is 2.21. The Kier molecular flexibility index (Phi) is 6.68. The van der Waals surface area contributed by atoms with Crippen molar-refractivity contribution >= 4 is 5.91 Å². The number of rotatable bonds is 8. The molecule has 124 valence electrons. The fourth-order valence-corrected chi connectivity index (χ4v) is 1.76. The normalized spacial score (nSPS) is 11.4. The van der Waals surface area contributed by atoms with Crippen LogP contribution in [0.1, 0.15) is 39.7 Å². The van der Waals surface area contributed by atoms with Crippen LogP contribution < -0.4 is 20.5 Å². The van der Waals surface area contributed by atoms with E-state index >= 15 is 0 Å². The molecule has 0 aromatic heterocycles. The molecule has 0 aliphatic rings. The van der Waals surface area contributed by atoms with Gasteiger partial charge >= 0.3 is 0 Å². The van der Waals surface area contributed by atoms with Crippen molar-refractivity contribution in [3.63, 3.8) is 0 Å². The lowest BCUT2D eigenvalue weighted by molar-refractivity contribution is -0.125. The minimum absolute atomic E-state index is 0.191. The lowest BCUT2D eigenvalue weighted by Crippen LogP contribution is -2.48. The molecule has 1 amide bonds. The van der Waals surface area contributed by atoms with Gasteiger partial charge in [-0.3, -0.25) is 4.79 Å². The summed E-state index contributed by atoms with van der Waals surface area (Å²) in [5, 5.41) is 2.81. The Morgan fingerprint density at radius 2 is 2.00 bits per heavy atom. The smallest absolute Gasteiger partial charge is 0.239 e. The van der Waals surface area contributed by atoms with Gasteiger partial charge in [-0.15, -0.1) is 0 Å². The Labute approximate surface area is 133 Å². The molecule has 1 rings (SSSR count). The van der Waals surface area contributed by atoms with Crippen LogP contribution in [0.2, 0.25) is 0 Å². The van der Waals surface area contributed by atoms with Crippen LogP contribution in [-0.2, 0) is 11.3 Å². The maximum Gasteiger partial charge on any atom is 0.239 e. The van der Waals surface area contributed by atoms with Gasteiger partial charge in [0.25, 0.3) is 0 Å². The largest absolute Gasteiger partial charge is 0.493 e. The number of carbonyl (C=O) groups excluding carboxylic acids is 1. The van der Waals surface area contributed by atoms with Crippen molar-refractivity contribution in [1.82, 2.24) is 5.32 Å². The summed E-state index contributed by atoms with van der Waals surface area (Å²) < 4.78 is 11.1. The summed E-state index contributed by atoms with van der Waals surface area (Å²) in [6.07, 6.45) is 0.993. The minimum atomic E-state index is -0.885. The molecule has 0 spiro atoms. The summed E-state index contributed by atoms with van der Waals surface area (Å²) in [6, 6.07) is 5.65. The Bertz CT molecular complexity index is 493. The van der Waals surface area contributed by atoms with Crippen molar-refractivity contribution in [2.24, 2.45) is 11.7 Å². The van der Waals surface area contributed by atoms with Crippen molar-refractivity contribution < 1.29 is 14.3 Å². The Balaban J connectivity index is 2.66. The minimum Gasteiger partial charge on any atom is -0.493 e. The maximum atomic E-state index is 11.8. The fourth-order valence-electron chi connectivity index (χ4n) is 1.76. The molecule has 22 heavy (non-hydrogen) atoms. The molecule has 1 aromatic rings. The van der Waals surface area contributed by atoms with Gasteiger partial charge in [-0.05, 0) is 43.9 Å². The van der Waals surface area contributed by atoms with Gasteiger partial charge in [0.1, 0.15) is 0 Å². The van der Waals surface area contributed by atoms with Gasteiger partial charge in [-0.2, -0.15) is 0 Å². The molecule has 0 bridgehead atoms. The number of nitrogens with two attached hydrogens (primary N) is 1. The highest BCUT2D eigenvalue weighted by Crippen LogP contribution is 2.28. The molecule has 0 unspecified atom stereocenters. The highest BCUT2D eigenvalue weighted by molar-refractivity contribution is 5.84. The number of nitrogens with one attached hydrogen (secondary N) is 1. The molecule has 0 heterocycles. The van der Waals surface area contributed by atoms with Crippen LogP contribution in [0.4, 0.5) is 0 Å². The molecular weight excluding hydrogens is 280 g/mol. The monoisotopic (exact) mass is 308 g/mol. The molecule has 1 aromatic carbocycles. The second kappa shape index (κ2) is 8.03. The van der Waals surface area contributed by atoms with E-state index in [2.05, 4.69) is 19.2 Å². The van der Waals surface area contributed by atoms with Crippen LogP contribution in [0.5, 0.6) is 11.5 Å². The van der Waals surface area contributed by atoms with Crippen molar-refractivity contribution in [3.05, 3.63) is 23.8 Å². The zero-order valence-electron chi connectivity index (χ0n) is 14.2. The number of benzene rings is 1. The van der Waals surface area contributed by atoms with Gasteiger partial charge in [-0.1, -0.05) is 19.9 Å². The first-order chi connectivity index (χ1) is 10.2. The summed E-state index contributed by atoms with van der Waals surface area (Å²) in [5.74, 6) is 1.80. The SMILES string of the molecule is COc1cc(CNC(=O)C(C)(C)N)ccc1OCCC(C)C. The van der Waals surface area contributed by atoms with E-state index < -0.39 is 5.54 Å². The summed E-state index contributed by atoms with van der Waals surface area (Å²) in [6.45, 7) is 8.73. The number of methoxy groups -OCH3 is 1. The third-order valence-electron chi connectivity index (χ3n) is 3.22. The third kappa shape index (κ3) is 5.93. The quantitative estimate of drug-likeness (QED) is 0.774. The lowest BCUT2D eigenvalue weighted by atomic mass is 10.1. The first kappa shape index (κ1) is 18.3. The van der Waals surface area contributed by atoms with Crippen molar-refractivity contribution in [2.75, 3.05) is 13.7 Å². The van der Waals surface area contributed by atoms with Gasteiger partial charge < -0.3 is 20.5 Å². The molecule has 0 atom stereocenters. The number of ether oxygens (including phenoxy) is 2. The number of carbonyl (C=O) groups is 1. The molecule has 0 radical (unpaired) electrons. The van der Waals surface area contributed by atoms with Crippen LogP contribution in [0.15, 0.2) is 18.2 Å². The molecule has 0 fully saturated rings. The third-order valence-corrected chi connectivity index (χ3v) is 3.22. The zero-order valence-corrected chi connectivity index (χ0v) is 14.2. The summed E-state index contributed by atoms with van der Waals surface area (Å²) in [4.78, 5) is 11.8.